The molecule has 0 aromatic heterocycles. The maximum Gasteiger partial charge on any atom is 0.263 e. The molecule has 2 heterocycles. The third kappa shape index (κ3) is 4.27. The van der Waals surface area contributed by atoms with Crippen molar-refractivity contribution in [3.63, 3.8) is 0 Å². The van der Waals surface area contributed by atoms with Crippen LogP contribution in [-0.2, 0) is 9.59 Å². The highest BCUT2D eigenvalue weighted by molar-refractivity contribution is 9.09. The molecular formula is C19H21BrN2O4S. The summed E-state index contributed by atoms with van der Waals surface area (Å²) in [7, 11) is 0. The zero-order valence-electron chi connectivity index (χ0n) is 14.8. The van der Waals surface area contributed by atoms with Gasteiger partial charge in [0.25, 0.3) is 11.8 Å². The molecule has 6 nitrogen and oxygen atoms in total. The van der Waals surface area contributed by atoms with Crippen LogP contribution < -0.4 is 5.32 Å². The highest BCUT2D eigenvalue weighted by Crippen LogP contribution is 2.34. The number of benzene rings is 1. The average Bonchev–Trinajstić information content (AvgIpc) is 2.90. The zero-order valence-corrected chi connectivity index (χ0v) is 17.2. The van der Waals surface area contributed by atoms with E-state index in [1.54, 1.807) is 23.9 Å². The lowest BCUT2D eigenvalue weighted by atomic mass is 10.0. The number of nitrogens with one attached hydrogen (secondary N) is 1. The summed E-state index contributed by atoms with van der Waals surface area (Å²) in [4.78, 5) is 51.0. The number of fused-ring (bicyclic) bond motifs is 1. The van der Waals surface area contributed by atoms with Gasteiger partial charge < -0.3 is 0 Å². The van der Waals surface area contributed by atoms with Crippen LogP contribution in [0.15, 0.2) is 23.1 Å². The number of alkyl halides is 1. The summed E-state index contributed by atoms with van der Waals surface area (Å²) < 4.78 is 0. The van der Waals surface area contributed by atoms with E-state index in [-0.39, 0.29) is 18.7 Å². The van der Waals surface area contributed by atoms with Crippen molar-refractivity contribution in [2.75, 3.05) is 11.1 Å². The Kier molecular flexibility index (Phi) is 6.70. The molecule has 1 N–H and O–H groups in total. The van der Waals surface area contributed by atoms with Crippen molar-refractivity contribution < 1.29 is 19.2 Å². The van der Waals surface area contributed by atoms with Crippen molar-refractivity contribution in [3.8, 4) is 0 Å². The Hall–Kier alpha value is -1.67. The SMILES string of the molecule is O=C1CCC(N2C(=O)c3cccc(SCCCCCCBr)c3C2=O)C(=O)N1. The molecule has 0 aliphatic carbocycles. The zero-order chi connectivity index (χ0) is 19.4. The van der Waals surface area contributed by atoms with Crippen molar-refractivity contribution >= 4 is 51.3 Å². The van der Waals surface area contributed by atoms with E-state index >= 15 is 0 Å². The quantitative estimate of drug-likeness (QED) is 0.283. The second-order valence-electron chi connectivity index (χ2n) is 6.58. The molecule has 1 saturated heterocycles. The molecule has 0 bridgehead atoms. The van der Waals surface area contributed by atoms with Crippen LogP contribution in [0.1, 0.15) is 59.2 Å². The Bertz CT molecular complexity index is 783. The van der Waals surface area contributed by atoms with Gasteiger partial charge in [-0.3, -0.25) is 29.4 Å². The molecule has 8 heteroatoms. The van der Waals surface area contributed by atoms with Gasteiger partial charge in [-0.2, -0.15) is 0 Å². The molecular weight excluding hydrogens is 432 g/mol. The average molecular weight is 453 g/mol. The van der Waals surface area contributed by atoms with Crippen LogP contribution >= 0.6 is 27.7 Å². The molecule has 0 radical (unpaired) electrons. The van der Waals surface area contributed by atoms with E-state index in [4.69, 9.17) is 0 Å². The van der Waals surface area contributed by atoms with Crippen molar-refractivity contribution in [2.24, 2.45) is 0 Å². The lowest BCUT2D eigenvalue weighted by molar-refractivity contribution is -0.136. The van der Waals surface area contributed by atoms with E-state index in [1.165, 1.54) is 6.42 Å². The first-order valence-corrected chi connectivity index (χ1v) is 11.2. The summed E-state index contributed by atoms with van der Waals surface area (Å²) in [6.45, 7) is 0. The van der Waals surface area contributed by atoms with Crippen molar-refractivity contribution in [1.82, 2.24) is 10.2 Å². The van der Waals surface area contributed by atoms with E-state index in [9.17, 15) is 19.2 Å². The van der Waals surface area contributed by atoms with Crippen molar-refractivity contribution in [1.29, 1.82) is 0 Å². The monoisotopic (exact) mass is 452 g/mol. The molecule has 3 rings (SSSR count). The van der Waals surface area contributed by atoms with E-state index in [2.05, 4.69) is 21.2 Å². The van der Waals surface area contributed by atoms with Gasteiger partial charge in [0.05, 0.1) is 11.1 Å². The molecule has 0 spiro atoms. The fraction of sp³-hybridized carbons (Fsp3) is 0.474. The Balaban J connectivity index is 1.72. The summed E-state index contributed by atoms with van der Waals surface area (Å²) in [5.41, 5.74) is 0.728. The van der Waals surface area contributed by atoms with E-state index in [1.807, 2.05) is 6.07 Å². The van der Waals surface area contributed by atoms with Crippen LogP contribution in [0.25, 0.3) is 0 Å². The first kappa shape index (κ1) is 20.1. The largest absolute Gasteiger partial charge is 0.295 e. The maximum atomic E-state index is 12.9. The van der Waals surface area contributed by atoms with Crippen LogP contribution in [0.4, 0.5) is 0 Å². The molecule has 4 amide bonds. The Morgan fingerprint density at radius 2 is 1.85 bits per heavy atom. The molecule has 2 aliphatic rings. The van der Waals surface area contributed by atoms with Crippen LogP contribution in [0.3, 0.4) is 0 Å². The molecule has 1 aromatic carbocycles. The van der Waals surface area contributed by atoms with E-state index in [0.29, 0.717) is 11.1 Å². The molecule has 1 atom stereocenters. The highest BCUT2D eigenvalue weighted by atomic mass is 79.9. The molecule has 1 fully saturated rings. The van der Waals surface area contributed by atoms with Gasteiger partial charge in [0, 0.05) is 16.6 Å². The van der Waals surface area contributed by atoms with Crippen molar-refractivity contribution in [3.05, 3.63) is 29.3 Å². The number of imide groups is 2. The molecule has 1 unspecified atom stereocenters. The topological polar surface area (TPSA) is 83.6 Å². The summed E-state index contributed by atoms with van der Waals surface area (Å²) in [5, 5.41) is 3.23. The van der Waals surface area contributed by atoms with Gasteiger partial charge >= 0.3 is 0 Å². The lowest BCUT2D eigenvalue weighted by Gasteiger charge is -2.27. The number of carbonyl (C=O) groups is 4. The van der Waals surface area contributed by atoms with Gasteiger partial charge in [0.1, 0.15) is 6.04 Å². The number of thioether (sulfide) groups is 1. The minimum atomic E-state index is -0.919. The van der Waals surface area contributed by atoms with E-state index in [0.717, 1.165) is 40.1 Å². The third-order valence-electron chi connectivity index (χ3n) is 4.72. The predicted octanol–water partition coefficient (Wildman–Crippen LogP) is 3.14. The summed E-state index contributed by atoms with van der Waals surface area (Å²) in [6.07, 6.45) is 4.79. The fourth-order valence-corrected chi connectivity index (χ4v) is 4.82. The summed E-state index contributed by atoms with van der Waals surface area (Å²) >= 11 is 4.99. The van der Waals surface area contributed by atoms with E-state index < -0.39 is 23.8 Å². The Labute approximate surface area is 170 Å². The summed E-state index contributed by atoms with van der Waals surface area (Å²) in [6, 6.07) is 4.32. The number of amides is 4. The first-order chi connectivity index (χ1) is 13.0. The fourth-order valence-electron chi connectivity index (χ4n) is 3.34. The van der Waals surface area contributed by atoms with Gasteiger partial charge in [-0.05, 0) is 37.1 Å². The summed E-state index contributed by atoms with van der Waals surface area (Å²) in [5.74, 6) is -0.972. The van der Waals surface area contributed by atoms with Gasteiger partial charge in [-0.1, -0.05) is 34.8 Å². The second-order valence-corrected chi connectivity index (χ2v) is 8.51. The standard InChI is InChI=1S/C19H21BrN2O4S/c20-10-3-1-2-4-11-27-14-7-5-6-12-16(14)19(26)22(18(12)25)13-8-9-15(23)21-17(13)24/h5-7,13H,1-4,8-11H2,(H,21,23,24). The molecule has 1 aromatic rings. The Morgan fingerprint density at radius 3 is 2.59 bits per heavy atom. The van der Waals surface area contributed by atoms with Gasteiger partial charge in [-0.15, -0.1) is 11.8 Å². The number of unbranched alkanes of at least 4 members (excludes halogenated alkanes) is 3. The normalized spacial score (nSPS) is 19.4. The molecule has 2 aliphatic heterocycles. The number of halogens is 1. The molecule has 0 saturated carbocycles. The smallest absolute Gasteiger partial charge is 0.263 e. The van der Waals surface area contributed by atoms with Crippen LogP contribution in [-0.4, -0.2) is 45.7 Å². The third-order valence-corrected chi connectivity index (χ3v) is 6.42. The highest BCUT2D eigenvalue weighted by Gasteiger charge is 2.45. The minimum absolute atomic E-state index is 0.125. The van der Waals surface area contributed by atoms with Gasteiger partial charge in [-0.25, -0.2) is 0 Å². The molecule has 27 heavy (non-hydrogen) atoms. The number of piperidine rings is 1. The minimum Gasteiger partial charge on any atom is -0.295 e. The lowest BCUT2D eigenvalue weighted by Crippen LogP contribution is -2.54. The van der Waals surface area contributed by atoms with Gasteiger partial charge in [0.2, 0.25) is 11.8 Å². The molecule has 144 valence electrons. The maximum absolute atomic E-state index is 12.9. The number of hydrogen-bond acceptors (Lipinski definition) is 5. The number of rotatable bonds is 8. The predicted molar refractivity (Wildman–Crippen MR) is 106 cm³/mol. The van der Waals surface area contributed by atoms with Crippen LogP contribution in [0.5, 0.6) is 0 Å². The van der Waals surface area contributed by atoms with Crippen molar-refractivity contribution in [2.45, 2.75) is 49.5 Å². The second kappa shape index (κ2) is 9.01. The van der Waals surface area contributed by atoms with Crippen LogP contribution in [0.2, 0.25) is 0 Å². The number of carbonyl (C=O) groups excluding carboxylic acids is 4. The Morgan fingerprint density at radius 1 is 1.07 bits per heavy atom. The number of nitrogens with zero attached hydrogens (tertiary/aromatic N) is 1. The van der Waals surface area contributed by atoms with Crippen LogP contribution in [0, 0.1) is 0 Å². The number of hydrogen-bond donors (Lipinski definition) is 1. The first-order valence-electron chi connectivity index (χ1n) is 9.08. The van der Waals surface area contributed by atoms with Gasteiger partial charge in [0.15, 0.2) is 0 Å².